The summed E-state index contributed by atoms with van der Waals surface area (Å²) in [4.78, 5) is 10.9. The summed E-state index contributed by atoms with van der Waals surface area (Å²) in [5.41, 5.74) is 1.46. The molecule has 1 saturated heterocycles. The van der Waals surface area contributed by atoms with Crippen LogP contribution in [0.1, 0.15) is 44.9 Å². The molecule has 0 unspecified atom stereocenters. The van der Waals surface area contributed by atoms with E-state index >= 15 is 0 Å². The normalized spacial score (nSPS) is 17.7. The number of esters is 1. The average molecular weight is 392 g/mol. The Kier molecular flexibility index (Phi) is 10.5. The topological polar surface area (TPSA) is 131 Å². The lowest BCUT2D eigenvalue weighted by Gasteiger charge is -2.17. The third-order valence-corrected chi connectivity index (χ3v) is 3.95. The van der Waals surface area contributed by atoms with E-state index in [9.17, 15) is 4.79 Å². The number of nitrogens with zero attached hydrogens (tertiary/aromatic N) is 1. The maximum atomic E-state index is 10.9. The van der Waals surface area contributed by atoms with Crippen LogP contribution in [0.2, 0.25) is 0 Å². The van der Waals surface area contributed by atoms with Gasteiger partial charge < -0.3 is 9.47 Å². The van der Waals surface area contributed by atoms with E-state index in [4.69, 9.17) is 23.4 Å². The lowest BCUT2D eigenvalue weighted by atomic mass is 10.0. The lowest BCUT2D eigenvalue weighted by molar-refractivity contribution is -2.00. The minimum atomic E-state index is -4.94. The van der Waals surface area contributed by atoms with E-state index in [1.54, 1.807) is 0 Å². The minimum absolute atomic E-state index is 0.296. The van der Waals surface area contributed by atoms with E-state index in [1.807, 2.05) is 6.08 Å². The highest BCUT2D eigenvalue weighted by atomic mass is 35.7. The molecule has 1 heterocycles. The first kappa shape index (κ1) is 22.6. The fraction of sp³-hybridized carbons (Fsp3) is 0.647. The molecule has 2 rings (SSSR count). The van der Waals surface area contributed by atoms with Crippen LogP contribution in [-0.2, 0) is 14.3 Å². The molecule has 0 spiro atoms. The highest BCUT2D eigenvalue weighted by Crippen LogP contribution is 2.19. The second kappa shape index (κ2) is 12.0. The quantitative estimate of drug-likeness (QED) is 0.223. The third-order valence-electron chi connectivity index (χ3n) is 3.95. The minimum Gasteiger partial charge on any atom is -0.498 e. The molecule has 0 aromatic carbocycles. The van der Waals surface area contributed by atoms with Crippen LogP contribution >= 0.6 is 0 Å². The Morgan fingerprint density at radius 2 is 1.85 bits per heavy atom. The summed E-state index contributed by atoms with van der Waals surface area (Å²) in [5, 5.41) is 0. The van der Waals surface area contributed by atoms with Crippen LogP contribution in [0.5, 0.6) is 0 Å². The van der Waals surface area contributed by atoms with Crippen LogP contribution < -0.4 is 18.6 Å². The van der Waals surface area contributed by atoms with Crippen molar-refractivity contribution in [1.82, 2.24) is 0 Å². The average Bonchev–Trinajstić information content (AvgIpc) is 3.11. The maximum Gasteiger partial charge on any atom is 0.330 e. The predicted octanol–water partition coefficient (Wildman–Crippen LogP) is -1.93. The van der Waals surface area contributed by atoms with Gasteiger partial charge in [-0.25, -0.2) is 28.0 Å². The van der Waals surface area contributed by atoms with Gasteiger partial charge in [0.25, 0.3) is 0 Å². The summed E-state index contributed by atoms with van der Waals surface area (Å²) in [5.74, 6) is 0.829. The van der Waals surface area contributed by atoms with Crippen molar-refractivity contribution in [3.05, 3.63) is 24.0 Å². The molecule has 0 aromatic heterocycles. The van der Waals surface area contributed by atoms with Gasteiger partial charge in [-0.3, -0.25) is 0 Å². The summed E-state index contributed by atoms with van der Waals surface area (Å²) in [6, 6.07) is 0. The Balaban J connectivity index is 0.000000597. The van der Waals surface area contributed by atoms with Crippen molar-refractivity contribution < 1.29 is 47.7 Å². The smallest absolute Gasteiger partial charge is 0.330 e. The van der Waals surface area contributed by atoms with Crippen molar-refractivity contribution in [3.8, 4) is 0 Å². The fourth-order valence-corrected chi connectivity index (χ4v) is 2.79. The third kappa shape index (κ3) is 11.2. The van der Waals surface area contributed by atoms with Crippen molar-refractivity contribution >= 4 is 11.7 Å². The largest absolute Gasteiger partial charge is 0.498 e. The molecule has 0 aromatic rings. The Morgan fingerprint density at radius 1 is 1.19 bits per heavy atom. The van der Waals surface area contributed by atoms with Crippen LogP contribution in [0.3, 0.4) is 0 Å². The SMILES string of the molecule is COC(=O)/C=C/CCCOC1=CC(=[N+]2CCCC2)CCC1.[O-][Cl+3]([O-])([O-])[O-]. The van der Waals surface area contributed by atoms with Gasteiger partial charge in [0.05, 0.1) is 13.7 Å². The Hall–Kier alpha value is -1.45. The van der Waals surface area contributed by atoms with Crippen LogP contribution in [0.15, 0.2) is 24.0 Å². The molecule has 1 aliphatic heterocycles. The summed E-state index contributed by atoms with van der Waals surface area (Å²) >= 11 is 0. The molecule has 0 radical (unpaired) electrons. The van der Waals surface area contributed by atoms with Gasteiger partial charge in [0, 0.05) is 37.8 Å². The monoisotopic (exact) mass is 391 g/mol. The number of methoxy groups -OCH3 is 1. The summed E-state index contributed by atoms with van der Waals surface area (Å²) < 4.78 is 46.9. The van der Waals surface area contributed by atoms with E-state index in [1.165, 1.54) is 57.7 Å². The van der Waals surface area contributed by atoms with Crippen LogP contribution in [0.25, 0.3) is 0 Å². The van der Waals surface area contributed by atoms with Crippen molar-refractivity contribution in [1.29, 1.82) is 0 Å². The fourth-order valence-electron chi connectivity index (χ4n) is 2.79. The molecular formula is C17H26ClNO7. The first-order chi connectivity index (χ1) is 12.3. The van der Waals surface area contributed by atoms with E-state index in [-0.39, 0.29) is 5.97 Å². The molecule has 0 atom stereocenters. The number of ether oxygens (including phenoxy) is 2. The molecule has 2 aliphatic rings. The first-order valence-corrected chi connectivity index (χ1v) is 9.83. The molecule has 1 fully saturated rings. The molecule has 0 amide bonds. The number of carbonyl (C=O) groups is 1. The van der Waals surface area contributed by atoms with Crippen LogP contribution in [0.4, 0.5) is 0 Å². The standard InChI is InChI=1S/C17H26NO3.ClHO4/c1-20-17(19)10-3-2-6-13-21-16-9-7-8-15(14-16)18-11-4-5-12-18;2-1(3,4)5/h3,10,14H,2,4-9,11-13H2,1H3;(H,2,3,4,5)/q+1;/p-1/b10-3+;. The van der Waals surface area contributed by atoms with Crippen molar-refractivity contribution in [2.24, 2.45) is 0 Å². The number of rotatable bonds is 6. The van der Waals surface area contributed by atoms with Crippen LogP contribution in [-0.4, -0.2) is 43.1 Å². The van der Waals surface area contributed by atoms with Crippen LogP contribution in [0, 0.1) is 10.2 Å². The van der Waals surface area contributed by atoms with Gasteiger partial charge in [-0.2, -0.15) is 0 Å². The maximum absolute atomic E-state index is 10.9. The first-order valence-electron chi connectivity index (χ1n) is 8.60. The second-order valence-electron chi connectivity index (χ2n) is 5.94. The Bertz CT molecular complexity index is 524. The zero-order chi connectivity index (χ0) is 19.4. The number of allylic oxidation sites excluding steroid dienone is 3. The number of carbonyl (C=O) groups excluding carboxylic acids is 1. The predicted molar refractivity (Wildman–Crippen MR) is 82.5 cm³/mol. The molecule has 8 nitrogen and oxygen atoms in total. The molecule has 0 N–H and O–H groups in total. The van der Waals surface area contributed by atoms with Gasteiger partial charge in [-0.1, -0.05) is 6.08 Å². The van der Waals surface area contributed by atoms with Crippen molar-refractivity contribution in [2.75, 3.05) is 26.8 Å². The highest BCUT2D eigenvalue weighted by molar-refractivity contribution is 5.92. The highest BCUT2D eigenvalue weighted by Gasteiger charge is 2.21. The van der Waals surface area contributed by atoms with Crippen molar-refractivity contribution in [3.63, 3.8) is 0 Å². The van der Waals surface area contributed by atoms with Gasteiger partial charge in [0.15, 0.2) is 5.71 Å². The number of halogens is 1. The molecule has 26 heavy (non-hydrogen) atoms. The summed E-state index contributed by atoms with van der Waals surface area (Å²) in [7, 11) is -3.56. The second-order valence-corrected chi connectivity index (χ2v) is 6.70. The Labute approximate surface area is 155 Å². The van der Waals surface area contributed by atoms with E-state index < -0.39 is 10.2 Å². The molecule has 9 heteroatoms. The summed E-state index contributed by atoms with van der Waals surface area (Å²) in [6.07, 6.45) is 13.4. The van der Waals surface area contributed by atoms with Gasteiger partial charge in [-0.05, 0) is 19.3 Å². The zero-order valence-corrected chi connectivity index (χ0v) is 15.7. The molecule has 0 saturated carbocycles. The zero-order valence-electron chi connectivity index (χ0n) is 15.0. The van der Waals surface area contributed by atoms with E-state index in [0.717, 1.165) is 25.0 Å². The molecular weight excluding hydrogens is 366 g/mol. The number of hydrogen-bond donors (Lipinski definition) is 0. The Morgan fingerprint density at radius 3 is 2.46 bits per heavy atom. The number of unbranched alkanes of at least 4 members (excludes halogenated alkanes) is 1. The molecule has 0 bridgehead atoms. The lowest BCUT2D eigenvalue weighted by Crippen LogP contribution is -2.68. The van der Waals surface area contributed by atoms with Gasteiger partial charge in [0.2, 0.25) is 0 Å². The number of hydrogen-bond acceptors (Lipinski definition) is 7. The van der Waals surface area contributed by atoms with E-state index in [0.29, 0.717) is 6.61 Å². The molecule has 1 aliphatic carbocycles. The van der Waals surface area contributed by atoms with Gasteiger partial charge in [-0.15, -0.1) is 10.2 Å². The summed E-state index contributed by atoms with van der Waals surface area (Å²) in [6.45, 7) is 3.12. The van der Waals surface area contributed by atoms with E-state index in [2.05, 4.69) is 15.4 Å². The molecule has 148 valence electrons. The van der Waals surface area contributed by atoms with Gasteiger partial charge >= 0.3 is 5.97 Å². The van der Waals surface area contributed by atoms with Gasteiger partial charge in [0.1, 0.15) is 18.8 Å². The van der Waals surface area contributed by atoms with Crippen molar-refractivity contribution in [2.45, 2.75) is 44.9 Å².